The van der Waals surface area contributed by atoms with Crippen LogP contribution < -0.4 is 0 Å². The number of hydrogen-bond donors (Lipinski definition) is 0. The Morgan fingerprint density at radius 3 is 2.36 bits per heavy atom. The second-order valence-electron chi connectivity index (χ2n) is 3.94. The molecule has 0 spiro atoms. The summed E-state index contributed by atoms with van der Waals surface area (Å²) in [7, 11) is 0. The molecule has 0 aromatic carbocycles. The van der Waals surface area contributed by atoms with E-state index in [0.29, 0.717) is 18.1 Å². The molecule has 2 saturated carbocycles. The van der Waals surface area contributed by atoms with Crippen molar-refractivity contribution in [2.24, 2.45) is 11.8 Å². The van der Waals surface area contributed by atoms with Crippen LogP contribution in [-0.4, -0.2) is 28.9 Å². The SMILES string of the molecule is CSC1CCC2C(=O)C(=O)C(=O)C2C1. The Balaban J connectivity index is 2.20. The average molecular weight is 212 g/mol. The first kappa shape index (κ1) is 9.90. The summed E-state index contributed by atoms with van der Waals surface area (Å²) in [4.78, 5) is 34.0. The van der Waals surface area contributed by atoms with Crippen LogP contribution in [0.3, 0.4) is 0 Å². The number of thioether (sulfide) groups is 1. The molecule has 0 bridgehead atoms. The van der Waals surface area contributed by atoms with Crippen molar-refractivity contribution in [3.05, 3.63) is 0 Å². The molecular formula is C10H12O3S. The quantitative estimate of drug-likeness (QED) is 0.605. The predicted octanol–water partition coefficient (Wildman–Crippen LogP) is 0.855. The number of fused-ring (bicyclic) bond motifs is 1. The van der Waals surface area contributed by atoms with Crippen LogP contribution in [0.2, 0.25) is 0 Å². The van der Waals surface area contributed by atoms with Gasteiger partial charge in [-0.1, -0.05) is 0 Å². The van der Waals surface area contributed by atoms with Gasteiger partial charge in [0.25, 0.3) is 5.78 Å². The van der Waals surface area contributed by atoms with E-state index in [2.05, 4.69) is 0 Å². The summed E-state index contributed by atoms with van der Waals surface area (Å²) in [6, 6.07) is 0. The van der Waals surface area contributed by atoms with Crippen LogP contribution in [0.1, 0.15) is 19.3 Å². The largest absolute Gasteiger partial charge is 0.290 e. The minimum atomic E-state index is -0.748. The van der Waals surface area contributed by atoms with E-state index in [4.69, 9.17) is 0 Å². The summed E-state index contributed by atoms with van der Waals surface area (Å²) in [6.45, 7) is 0. The number of rotatable bonds is 1. The lowest BCUT2D eigenvalue weighted by atomic mass is 9.81. The first-order chi connectivity index (χ1) is 6.65. The molecule has 0 saturated heterocycles. The Bertz CT molecular complexity index is 310. The van der Waals surface area contributed by atoms with E-state index in [1.54, 1.807) is 11.8 Å². The van der Waals surface area contributed by atoms with Crippen molar-refractivity contribution in [1.82, 2.24) is 0 Å². The van der Waals surface area contributed by atoms with Gasteiger partial charge >= 0.3 is 0 Å². The number of Topliss-reactive ketones (excluding diaryl/α,β-unsaturated/α-hetero) is 3. The number of carbonyl (C=O) groups excluding carboxylic acids is 3. The zero-order chi connectivity index (χ0) is 10.3. The zero-order valence-electron chi connectivity index (χ0n) is 7.99. The van der Waals surface area contributed by atoms with E-state index in [0.717, 1.165) is 6.42 Å². The van der Waals surface area contributed by atoms with Crippen molar-refractivity contribution in [2.45, 2.75) is 24.5 Å². The molecular weight excluding hydrogens is 200 g/mol. The molecule has 2 aliphatic carbocycles. The van der Waals surface area contributed by atoms with Crippen LogP contribution in [0.4, 0.5) is 0 Å². The van der Waals surface area contributed by atoms with Crippen LogP contribution in [0.15, 0.2) is 0 Å². The predicted molar refractivity (Wildman–Crippen MR) is 53.2 cm³/mol. The normalized spacial score (nSPS) is 37.5. The van der Waals surface area contributed by atoms with E-state index in [1.165, 1.54) is 0 Å². The molecule has 2 fully saturated rings. The second kappa shape index (κ2) is 3.50. The maximum Gasteiger partial charge on any atom is 0.264 e. The molecule has 2 aliphatic rings. The lowest BCUT2D eigenvalue weighted by molar-refractivity contribution is -0.141. The molecule has 4 heteroatoms. The fourth-order valence-corrected chi connectivity index (χ4v) is 3.18. The highest BCUT2D eigenvalue weighted by Gasteiger charge is 2.50. The number of hydrogen-bond acceptors (Lipinski definition) is 4. The summed E-state index contributed by atoms with van der Waals surface area (Å²) in [5, 5.41) is 0.443. The Labute approximate surface area is 86.6 Å². The third kappa shape index (κ3) is 1.32. The van der Waals surface area contributed by atoms with Gasteiger partial charge in [0.15, 0.2) is 0 Å². The average Bonchev–Trinajstić information content (AvgIpc) is 2.44. The van der Waals surface area contributed by atoms with Gasteiger partial charge in [0.1, 0.15) is 0 Å². The standard InChI is InChI=1S/C10H12O3S/c1-14-5-2-3-6-7(4-5)9(12)10(13)8(6)11/h5-7H,2-4H2,1H3. The van der Waals surface area contributed by atoms with E-state index >= 15 is 0 Å². The molecule has 76 valence electrons. The summed E-state index contributed by atoms with van der Waals surface area (Å²) in [6.07, 6.45) is 4.39. The fourth-order valence-electron chi connectivity index (χ4n) is 2.41. The first-order valence-corrected chi connectivity index (χ1v) is 6.09. The Morgan fingerprint density at radius 2 is 1.71 bits per heavy atom. The summed E-state index contributed by atoms with van der Waals surface area (Å²) in [5.41, 5.74) is 0. The highest BCUT2D eigenvalue weighted by molar-refractivity contribution is 7.99. The van der Waals surface area contributed by atoms with Gasteiger partial charge < -0.3 is 0 Å². The van der Waals surface area contributed by atoms with Crippen molar-refractivity contribution in [1.29, 1.82) is 0 Å². The highest BCUT2D eigenvalue weighted by atomic mass is 32.2. The lowest BCUT2D eigenvalue weighted by Crippen LogP contribution is -2.28. The molecule has 0 aromatic heterocycles. The molecule has 3 nitrogen and oxygen atoms in total. The summed E-state index contributed by atoms with van der Waals surface area (Å²) >= 11 is 1.72. The number of carbonyl (C=O) groups is 3. The molecule has 0 heterocycles. The number of ketones is 3. The van der Waals surface area contributed by atoms with Crippen molar-refractivity contribution in [3.63, 3.8) is 0 Å². The first-order valence-electron chi connectivity index (χ1n) is 4.80. The molecule has 0 aromatic rings. The Hall–Kier alpha value is -0.640. The van der Waals surface area contributed by atoms with Gasteiger partial charge in [-0.25, -0.2) is 0 Å². The Kier molecular flexibility index (Phi) is 2.47. The van der Waals surface area contributed by atoms with Crippen LogP contribution in [-0.2, 0) is 14.4 Å². The van der Waals surface area contributed by atoms with E-state index in [-0.39, 0.29) is 11.8 Å². The highest BCUT2D eigenvalue weighted by Crippen LogP contribution is 2.39. The van der Waals surface area contributed by atoms with Gasteiger partial charge in [0, 0.05) is 17.1 Å². The van der Waals surface area contributed by atoms with Crippen LogP contribution >= 0.6 is 11.8 Å². The molecule has 2 rings (SSSR count). The topological polar surface area (TPSA) is 51.2 Å². The van der Waals surface area contributed by atoms with Crippen LogP contribution in [0.25, 0.3) is 0 Å². The van der Waals surface area contributed by atoms with Crippen molar-refractivity contribution in [3.8, 4) is 0 Å². The van der Waals surface area contributed by atoms with Gasteiger partial charge in [-0.2, -0.15) is 11.8 Å². The molecule has 0 amide bonds. The van der Waals surface area contributed by atoms with Gasteiger partial charge in [-0.3, -0.25) is 14.4 Å². The minimum Gasteiger partial charge on any atom is -0.290 e. The Morgan fingerprint density at radius 1 is 1.07 bits per heavy atom. The third-order valence-corrected chi connectivity index (χ3v) is 4.35. The molecule has 3 atom stereocenters. The van der Waals surface area contributed by atoms with Gasteiger partial charge in [-0.15, -0.1) is 0 Å². The molecule has 0 radical (unpaired) electrons. The van der Waals surface area contributed by atoms with Crippen molar-refractivity contribution >= 4 is 29.1 Å². The molecule has 14 heavy (non-hydrogen) atoms. The van der Waals surface area contributed by atoms with Gasteiger partial charge in [0.05, 0.1) is 0 Å². The van der Waals surface area contributed by atoms with E-state index in [9.17, 15) is 14.4 Å². The molecule has 3 unspecified atom stereocenters. The molecule has 0 aliphatic heterocycles. The summed E-state index contributed by atoms with van der Waals surface area (Å²) in [5.74, 6) is -2.18. The van der Waals surface area contributed by atoms with E-state index < -0.39 is 17.3 Å². The van der Waals surface area contributed by atoms with Gasteiger partial charge in [-0.05, 0) is 25.5 Å². The fraction of sp³-hybridized carbons (Fsp3) is 0.700. The minimum absolute atomic E-state index is 0.279. The summed E-state index contributed by atoms with van der Waals surface area (Å²) < 4.78 is 0. The van der Waals surface area contributed by atoms with E-state index in [1.807, 2.05) is 6.26 Å². The second-order valence-corrected chi connectivity index (χ2v) is 5.08. The maximum atomic E-state index is 11.4. The zero-order valence-corrected chi connectivity index (χ0v) is 8.80. The van der Waals surface area contributed by atoms with Gasteiger partial charge in [0.2, 0.25) is 11.6 Å². The van der Waals surface area contributed by atoms with Crippen LogP contribution in [0, 0.1) is 11.8 Å². The monoisotopic (exact) mass is 212 g/mol. The third-order valence-electron chi connectivity index (χ3n) is 3.26. The van der Waals surface area contributed by atoms with Crippen LogP contribution in [0.5, 0.6) is 0 Å². The smallest absolute Gasteiger partial charge is 0.264 e. The maximum absolute atomic E-state index is 11.4. The van der Waals surface area contributed by atoms with Crippen molar-refractivity contribution in [2.75, 3.05) is 6.26 Å². The lowest BCUT2D eigenvalue weighted by Gasteiger charge is -2.27. The van der Waals surface area contributed by atoms with Crippen molar-refractivity contribution < 1.29 is 14.4 Å². The molecule has 0 N–H and O–H groups in total.